The molecule has 2 aliphatic heterocycles. The van der Waals surface area contributed by atoms with Crippen LogP contribution in [0.3, 0.4) is 0 Å². The summed E-state index contributed by atoms with van der Waals surface area (Å²) in [5, 5.41) is 3.07. The predicted octanol–water partition coefficient (Wildman–Crippen LogP) is 9.06. The number of amides is 4. The third kappa shape index (κ3) is 21.8. The van der Waals surface area contributed by atoms with E-state index in [1.807, 2.05) is 119 Å². The number of ketones is 4. The molecule has 18 heteroatoms. The first-order valence-corrected chi connectivity index (χ1v) is 32.0. The fourth-order valence-electron chi connectivity index (χ4n) is 13.8. The van der Waals surface area contributed by atoms with Crippen molar-refractivity contribution in [1.29, 1.82) is 0 Å². The van der Waals surface area contributed by atoms with Gasteiger partial charge in [-0.15, -0.1) is 0 Å². The molecule has 0 spiro atoms. The van der Waals surface area contributed by atoms with Crippen molar-refractivity contribution in [3.05, 3.63) is 0 Å². The maximum Gasteiger partial charge on any atom is 0.225 e. The van der Waals surface area contributed by atoms with E-state index >= 15 is 0 Å². The quantitative estimate of drug-likeness (QED) is 0.0639. The first-order valence-electron chi connectivity index (χ1n) is 32.0. The van der Waals surface area contributed by atoms with Crippen LogP contribution in [0.1, 0.15) is 189 Å². The van der Waals surface area contributed by atoms with E-state index in [-0.39, 0.29) is 144 Å². The van der Waals surface area contributed by atoms with Gasteiger partial charge in [0.25, 0.3) is 0 Å². The van der Waals surface area contributed by atoms with Gasteiger partial charge in [-0.2, -0.15) is 0 Å². The number of carbonyl (C=O) groups is 8. The van der Waals surface area contributed by atoms with Crippen molar-refractivity contribution >= 4 is 46.8 Å². The lowest BCUT2D eigenvalue weighted by molar-refractivity contribution is -0.148. The molecule has 2 fully saturated rings. The smallest absolute Gasteiger partial charge is 0.225 e. The van der Waals surface area contributed by atoms with Crippen molar-refractivity contribution in [2.24, 2.45) is 58.2 Å². The zero-order valence-corrected chi connectivity index (χ0v) is 58.5. The Morgan fingerprint density at radius 1 is 0.518 bits per heavy atom. The van der Waals surface area contributed by atoms with E-state index in [1.165, 1.54) is 0 Å². The van der Waals surface area contributed by atoms with Crippen LogP contribution in [0.5, 0.6) is 0 Å². The highest BCUT2D eigenvalue weighted by molar-refractivity contribution is 5.91. The molecule has 2 aliphatic rings. The molecule has 1 N–H and O–H groups in total. The van der Waals surface area contributed by atoms with Crippen LogP contribution in [-0.4, -0.2) is 209 Å². The molecule has 85 heavy (non-hydrogen) atoms. The zero-order valence-electron chi connectivity index (χ0n) is 58.5. The fourth-order valence-corrected chi connectivity index (χ4v) is 13.8. The van der Waals surface area contributed by atoms with Gasteiger partial charge in [-0.05, 0) is 70.5 Å². The highest BCUT2D eigenvalue weighted by Gasteiger charge is 2.46. The maximum absolute atomic E-state index is 13.9. The Balaban J connectivity index is 0.000000850. The summed E-state index contributed by atoms with van der Waals surface area (Å²) in [4.78, 5) is 116. The van der Waals surface area contributed by atoms with E-state index in [9.17, 15) is 38.4 Å². The Morgan fingerprint density at radius 2 is 0.859 bits per heavy atom. The van der Waals surface area contributed by atoms with Crippen molar-refractivity contribution in [1.82, 2.24) is 29.8 Å². The Morgan fingerprint density at radius 3 is 1.12 bits per heavy atom. The van der Waals surface area contributed by atoms with E-state index < -0.39 is 47.1 Å². The number of methoxy groups -OCH3 is 4. The second-order valence-electron chi connectivity index (χ2n) is 28.2. The predicted molar refractivity (Wildman–Crippen MR) is 339 cm³/mol. The number of hydrogen-bond acceptors (Lipinski definition) is 14. The second-order valence-corrected chi connectivity index (χ2v) is 28.2. The van der Waals surface area contributed by atoms with E-state index in [4.69, 9.17) is 18.9 Å². The van der Waals surface area contributed by atoms with Crippen LogP contribution in [0.15, 0.2) is 0 Å². The normalized spacial score (nSPS) is 20.9. The maximum atomic E-state index is 13.9. The van der Waals surface area contributed by atoms with E-state index in [0.29, 0.717) is 13.1 Å². The summed E-state index contributed by atoms with van der Waals surface area (Å²) in [6.45, 7) is 36.3. The molecule has 0 radical (unpaired) electrons. The van der Waals surface area contributed by atoms with Gasteiger partial charge in [-0.25, -0.2) is 0 Å². The van der Waals surface area contributed by atoms with Gasteiger partial charge in [-0.1, -0.05) is 137 Å². The average Bonchev–Trinajstić information content (AvgIpc) is 4.32. The highest BCUT2D eigenvalue weighted by Crippen LogP contribution is 2.35. The molecular formula is C67H124N6O12. The molecule has 0 aliphatic carbocycles. The number of likely N-dealkylation sites (tertiary alicyclic amines) is 2. The van der Waals surface area contributed by atoms with Gasteiger partial charge in [0.05, 0.1) is 73.5 Å². The zero-order chi connectivity index (χ0) is 65.9. The molecule has 16 atom stereocenters. The molecule has 2 heterocycles. The summed E-state index contributed by atoms with van der Waals surface area (Å²) in [6.07, 6.45) is 3.49. The molecular weight excluding hydrogens is 1080 g/mol. The summed E-state index contributed by atoms with van der Waals surface area (Å²) in [5.74, 6) is -1.39. The average molecular weight is 1210 g/mol. The molecule has 0 bridgehead atoms. The fraction of sp³-hybridized carbons (Fsp3) is 0.881. The number of hydrogen-bond donors (Lipinski definition) is 1. The van der Waals surface area contributed by atoms with Crippen LogP contribution in [0.4, 0.5) is 0 Å². The first-order chi connectivity index (χ1) is 39.3. The largest absolute Gasteiger partial charge is 0.379 e. The first kappa shape index (κ1) is 79.3. The number of Topliss-reactive ketones (excluding diaryl/α,β-unsaturated/α-hetero) is 4. The minimum atomic E-state index is -0.527. The van der Waals surface area contributed by atoms with Crippen LogP contribution in [0, 0.1) is 58.2 Å². The van der Waals surface area contributed by atoms with Gasteiger partial charge in [0, 0.05) is 103 Å². The molecule has 0 aromatic heterocycles. The van der Waals surface area contributed by atoms with Gasteiger partial charge >= 0.3 is 0 Å². The molecule has 2 rings (SSSR count). The highest BCUT2D eigenvalue weighted by atomic mass is 16.5. The van der Waals surface area contributed by atoms with Crippen molar-refractivity contribution in [2.75, 3.05) is 76.8 Å². The summed E-state index contributed by atoms with van der Waals surface area (Å²) >= 11 is 0. The van der Waals surface area contributed by atoms with E-state index in [2.05, 4.69) is 33.0 Å². The van der Waals surface area contributed by atoms with Crippen LogP contribution < -0.4 is 5.32 Å². The Kier molecular flexibility index (Phi) is 33.7. The molecule has 0 saturated carbocycles. The molecule has 18 nitrogen and oxygen atoms in total. The summed E-state index contributed by atoms with van der Waals surface area (Å²) in [6, 6.07) is -1.64. The number of nitrogens with one attached hydrogen (secondary N) is 1. The summed E-state index contributed by atoms with van der Waals surface area (Å²) < 4.78 is 23.6. The third-order valence-corrected chi connectivity index (χ3v) is 18.7. The monoisotopic (exact) mass is 1200 g/mol. The standard InChI is InChI=1S/C34H63N3O6.C33H61N3O6/c1-15-22(4)30(36(12)33(41)23(5)19-26(38)29(21(2)3)35(10)11)27(42-13)20-28(39)37-18-16-17-25(37)31(43-14)24(6)32(40)34(7,8)9;1-14-21(4)29(35(11)32(40)22(5)18-25(37)28(34-10)20(2)3)26(41-12)19-27(38)36-17-15-16-24(36)30(42-13)23(6)31(39)33(7,8)9/h21-25,27,29-31H,15-20H2,1-14H3;20-24,26,28-30,34H,14-19H2,1-13H3/t22-,23+,24+,25-,27+,29-,30-,31+;21-,22+,23+,24-,26+,28-,29-,30+/m00/s1. The van der Waals surface area contributed by atoms with E-state index in [1.54, 1.807) is 66.3 Å². The molecule has 0 aromatic carbocycles. The lowest BCUT2D eigenvalue weighted by Gasteiger charge is -2.40. The van der Waals surface area contributed by atoms with Gasteiger partial charge in [0.2, 0.25) is 23.6 Å². The minimum absolute atomic E-state index is 0.0206. The van der Waals surface area contributed by atoms with Crippen molar-refractivity contribution in [3.8, 4) is 0 Å². The van der Waals surface area contributed by atoms with Crippen LogP contribution in [-0.2, 0) is 57.3 Å². The number of rotatable bonds is 34. The topological polar surface area (TPSA) is 202 Å². The van der Waals surface area contributed by atoms with Crippen LogP contribution in [0.2, 0.25) is 0 Å². The summed E-state index contributed by atoms with van der Waals surface area (Å²) in [7, 11) is 15.5. The molecule has 2 saturated heterocycles. The van der Waals surface area contributed by atoms with E-state index in [0.717, 1.165) is 38.5 Å². The van der Waals surface area contributed by atoms with Crippen LogP contribution >= 0.6 is 0 Å². The molecule has 0 aromatic rings. The lowest BCUT2D eigenvalue weighted by atomic mass is 9.79. The number of ether oxygens (including phenoxy) is 4. The number of likely N-dealkylation sites (N-methyl/N-ethyl adjacent to an activating group) is 4. The number of carbonyl (C=O) groups excluding carboxylic acids is 8. The summed E-state index contributed by atoms with van der Waals surface area (Å²) in [5.41, 5.74) is -1.01. The van der Waals surface area contributed by atoms with Crippen molar-refractivity contribution < 1.29 is 57.3 Å². The Hall–Kier alpha value is -3.68. The Bertz CT molecular complexity index is 2110. The Labute approximate surface area is 516 Å². The van der Waals surface area contributed by atoms with Gasteiger partial charge < -0.3 is 43.9 Å². The van der Waals surface area contributed by atoms with Crippen molar-refractivity contribution in [3.63, 3.8) is 0 Å². The minimum Gasteiger partial charge on any atom is -0.379 e. The SMILES string of the molecule is CC[C@H](C)[C@@H]([C@@H](CC(=O)N1CCC[C@H]1[C@H](OC)[C@@H](C)C(=O)C(C)(C)C)OC)N(C)C(=O)[C@H](C)CC(=O)[C@@H](NC)C(C)C.CC[C@H](C)[C@@H]([C@@H](CC(=O)N1CCC[C@H]1[C@H](OC)[C@@H](C)C(=O)C(C)(C)C)OC)N(C)C(=O)[C@H](C)CC(=O)[C@H](C(C)C)N(C)C. The molecule has 0 unspecified atom stereocenters. The van der Waals surface area contributed by atoms with Crippen molar-refractivity contribution in [2.45, 2.75) is 250 Å². The third-order valence-electron chi connectivity index (χ3n) is 18.7. The molecule has 494 valence electrons. The van der Waals surface area contributed by atoms with Gasteiger partial charge in [0.1, 0.15) is 11.6 Å². The van der Waals surface area contributed by atoms with Crippen LogP contribution in [0.25, 0.3) is 0 Å². The number of nitrogens with zero attached hydrogens (tertiary/aromatic N) is 5. The van der Waals surface area contributed by atoms with Gasteiger partial charge in [0.15, 0.2) is 11.6 Å². The van der Waals surface area contributed by atoms with Gasteiger partial charge in [-0.3, -0.25) is 43.3 Å². The molecule has 4 amide bonds. The second kappa shape index (κ2) is 36.1. The lowest BCUT2D eigenvalue weighted by Crippen LogP contribution is -2.54.